The summed E-state index contributed by atoms with van der Waals surface area (Å²) in [5.41, 5.74) is 3.29. The molecule has 2 rings (SSSR count). The highest BCUT2D eigenvalue weighted by molar-refractivity contribution is 5.40. The normalized spacial score (nSPS) is 23.9. The Morgan fingerprint density at radius 1 is 1.13 bits per heavy atom. The Hall–Kier alpha value is -0.820. The minimum atomic E-state index is 0.106. The molecule has 0 radical (unpaired) electrons. The lowest BCUT2D eigenvalue weighted by Crippen LogP contribution is -2.36. The van der Waals surface area contributed by atoms with E-state index in [2.05, 4.69) is 64.2 Å². The van der Waals surface area contributed by atoms with Crippen molar-refractivity contribution in [3.63, 3.8) is 0 Å². The minimum Gasteiger partial charge on any atom is -0.300 e. The Morgan fingerprint density at radius 2 is 1.73 bits per heavy atom. The summed E-state index contributed by atoms with van der Waals surface area (Å²) in [5.74, 6) is 0. The number of hydrogen-bond acceptors (Lipinski definition) is 1. The number of hydrogen-bond donors (Lipinski definition) is 1. The van der Waals surface area contributed by atoms with Crippen LogP contribution in [-0.4, -0.2) is 0 Å². The van der Waals surface area contributed by atoms with Gasteiger partial charge in [0.25, 0.3) is 0 Å². The molecule has 1 aliphatic rings. The van der Waals surface area contributed by atoms with E-state index in [0.717, 1.165) is 0 Å². The van der Waals surface area contributed by atoms with Crippen LogP contribution in [0.1, 0.15) is 51.8 Å². The van der Waals surface area contributed by atoms with Crippen molar-refractivity contribution in [2.75, 3.05) is 0 Å². The van der Waals surface area contributed by atoms with Crippen LogP contribution in [0.3, 0.4) is 0 Å². The van der Waals surface area contributed by atoms with E-state index in [-0.39, 0.29) is 11.0 Å². The average Bonchev–Trinajstić information content (AvgIpc) is 2.39. The molecule has 0 bridgehead atoms. The smallest absolute Gasteiger partial charge is 0.0386 e. The molecule has 0 fully saturated rings. The predicted molar refractivity (Wildman–Crippen MR) is 64.8 cm³/mol. The van der Waals surface area contributed by atoms with Crippen LogP contribution < -0.4 is 5.32 Å². The number of benzene rings is 1. The molecule has 0 aliphatic carbocycles. The van der Waals surface area contributed by atoms with Gasteiger partial charge in [-0.1, -0.05) is 45.0 Å². The van der Waals surface area contributed by atoms with Gasteiger partial charge in [0.05, 0.1) is 0 Å². The summed E-state index contributed by atoms with van der Waals surface area (Å²) in [6.07, 6.45) is 0. The monoisotopic (exact) mass is 203 g/mol. The van der Waals surface area contributed by atoms with Crippen LogP contribution in [0.15, 0.2) is 24.3 Å². The van der Waals surface area contributed by atoms with Gasteiger partial charge in [-0.05, 0) is 30.4 Å². The zero-order chi connectivity index (χ0) is 11.3. The summed E-state index contributed by atoms with van der Waals surface area (Å²) in [5, 5.41) is 3.74. The van der Waals surface area contributed by atoms with Crippen LogP contribution in [0.5, 0.6) is 0 Å². The molecule has 0 saturated heterocycles. The predicted octanol–water partition coefficient (Wildman–Crippen LogP) is 3.61. The van der Waals surface area contributed by atoms with Crippen molar-refractivity contribution in [3.8, 4) is 0 Å². The molecule has 1 nitrogen and oxygen atoms in total. The second kappa shape index (κ2) is 3.08. The topological polar surface area (TPSA) is 12.0 Å². The van der Waals surface area contributed by atoms with Crippen molar-refractivity contribution in [2.45, 2.75) is 46.2 Å². The van der Waals surface area contributed by atoms with Gasteiger partial charge >= 0.3 is 0 Å². The molecule has 82 valence electrons. The number of rotatable bonds is 0. The molecular weight excluding hydrogens is 182 g/mol. The standard InChI is InChI=1S/C14H21N/c1-13(2,3)12-10-8-6-7-9-11(10)14(4,5)15-12/h6-9,12,15H,1-5H3. The van der Waals surface area contributed by atoms with Crippen molar-refractivity contribution in [1.82, 2.24) is 5.32 Å². The first-order valence-electron chi connectivity index (χ1n) is 5.69. The van der Waals surface area contributed by atoms with E-state index in [9.17, 15) is 0 Å². The maximum absolute atomic E-state index is 3.74. The van der Waals surface area contributed by atoms with Crippen LogP contribution >= 0.6 is 0 Å². The van der Waals surface area contributed by atoms with Crippen LogP contribution in [0.4, 0.5) is 0 Å². The van der Waals surface area contributed by atoms with Crippen LogP contribution in [-0.2, 0) is 5.54 Å². The molecule has 1 heterocycles. The third kappa shape index (κ3) is 1.69. The fraction of sp³-hybridized carbons (Fsp3) is 0.571. The minimum absolute atomic E-state index is 0.106. The van der Waals surface area contributed by atoms with Crippen molar-refractivity contribution in [3.05, 3.63) is 35.4 Å². The van der Waals surface area contributed by atoms with Gasteiger partial charge in [-0.3, -0.25) is 0 Å². The highest BCUT2D eigenvalue weighted by Gasteiger charge is 2.40. The zero-order valence-electron chi connectivity index (χ0n) is 10.4. The van der Waals surface area contributed by atoms with E-state index in [4.69, 9.17) is 0 Å². The molecule has 1 heteroatoms. The number of fused-ring (bicyclic) bond motifs is 1. The van der Waals surface area contributed by atoms with E-state index in [1.54, 1.807) is 0 Å². The van der Waals surface area contributed by atoms with Crippen molar-refractivity contribution < 1.29 is 0 Å². The Labute approximate surface area is 92.9 Å². The SMILES string of the molecule is CC1(C)NC(C(C)(C)C)c2ccccc21. The molecule has 0 amide bonds. The molecule has 1 aliphatic heterocycles. The van der Waals surface area contributed by atoms with Gasteiger partial charge in [0.15, 0.2) is 0 Å². The molecule has 1 unspecified atom stereocenters. The summed E-state index contributed by atoms with van der Waals surface area (Å²) in [6, 6.07) is 9.23. The lowest BCUT2D eigenvalue weighted by atomic mass is 9.83. The van der Waals surface area contributed by atoms with E-state index in [1.807, 2.05) is 0 Å². The molecule has 0 spiro atoms. The largest absolute Gasteiger partial charge is 0.300 e. The highest BCUT2D eigenvalue weighted by Crippen LogP contribution is 2.44. The van der Waals surface area contributed by atoms with Crippen molar-refractivity contribution in [1.29, 1.82) is 0 Å². The zero-order valence-corrected chi connectivity index (χ0v) is 10.4. The summed E-state index contributed by atoms with van der Waals surface area (Å²) in [7, 11) is 0. The molecule has 1 atom stereocenters. The summed E-state index contributed by atoms with van der Waals surface area (Å²) < 4.78 is 0. The van der Waals surface area contributed by atoms with Crippen molar-refractivity contribution in [2.24, 2.45) is 5.41 Å². The Balaban J connectivity index is 2.52. The molecule has 1 aromatic rings. The van der Waals surface area contributed by atoms with Gasteiger partial charge < -0.3 is 5.32 Å². The third-order valence-corrected chi connectivity index (χ3v) is 3.32. The highest BCUT2D eigenvalue weighted by atomic mass is 15.0. The first-order chi connectivity index (χ1) is 6.82. The molecule has 0 saturated carbocycles. The fourth-order valence-electron chi connectivity index (χ4n) is 2.52. The van der Waals surface area contributed by atoms with Gasteiger partial charge in [0.2, 0.25) is 0 Å². The Kier molecular flexibility index (Phi) is 2.20. The molecule has 0 aromatic heterocycles. The molecular formula is C14H21N. The van der Waals surface area contributed by atoms with Gasteiger partial charge in [0, 0.05) is 11.6 Å². The molecule has 15 heavy (non-hydrogen) atoms. The van der Waals surface area contributed by atoms with Crippen LogP contribution in [0.25, 0.3) is 0 Å². The molecule has 1 N–H and O–H groups in total. The van der Waals surface area contributed by atoms with E-state index in [0.29, 0.717) is 6.04 Å². The average molecular weight is 203 g/mol. The van der Waals surface area contributed by atoms with Gasteiger partial charge in [0.1, 0.15) is 0 Å². The first kappa shape index (κ1) is 10.7. The summed E-state index contributed by atoms with van der Waals surface area (Å²) >= 11 is 0. The quantitative estimate of drug-likeness (QED) is 0.679. The van der Waals surface area contributed by atoms with E-state index < -0.39 is 0 Å². The van der Waals surface area contributed by atoms with Gasteiger partial charge in [-0.15, -0.1) is 0 Å². The van der Waals surface area contributed by atoms with Gasteiger partial charge in [-0.25, -0.2) is 0 Å². The van der Waals surface area contributed by atoms with Crippen LogP contribution in [0, 0.1) is 5.41 Å². The maximum Gasteiger partial charge on any atom is 0.0386 e. The maximum atomic E-state index is 3.74. The second-order valence-corrected chi connectivity index (χ2v) is 6.16. The summed E-state index contributed by atoms with van der Waals surface area (Å²) in [4.78, 5) is 0. The summed E-state index contributed by atoms with van der Waals surface area (Å²) in [6.45, 7) is 11.4. The second-order valence-electron chi connectivity index (χ2n) is 6.16. The fourth-order valence-corrected chi connectivity index (χ4v) is 2.52. The Morgan fingerprint density at radius 3 is 2.33 bits per heavy atom. The lowest BCUT2D eigenvalue weighted by molar-refractivity contribution is 0.243. The third-order valence-electron chi connectivity index (χ3n) is 3.32. The van der Waals surface area contributed by atoms with Crippen molar-refractivity contribution >= 4 is 0 Å². The van der Waals surface area contributed by atoms with E-state index >= 15 is 0 Å². The lowest BCUT2D eigenvalue weighted by Gasteiger charge is -2.30. The van der Waals surface area contributed by atoms with Crippen LogP contribution in [0.2, 0.25) is 0 Å². The molecule has 1 aromatic carbocycles. The first-order valence-corrected chi connectivity index (χ1v) is 5.69. The Bertz CT molecular complexity index is 371. The number of nitrogens with one attached hydrogen (secondary N) is 1. The van der Waals surface area contributed by atoms with Gasteiger partial charge in [-0.2, -0.15) is 0 Å². The van der Waals surface area contributed by atoms with E-state index in [1.165, 1.54) is 11.1 Å².